The fourth-order valence-electron chi connectivity index (χ4n) is 4.04. The van der Waals surface area contributed by atoms with Gasteiger partial charge in [0.2, 0.25) is 0 Å². The SMILES string of the molecule is O.O.OCCN1CCN(CCC=C2c3ccccc3Sc3ccc(C(F)(F)F)cc32)CC1. The fraction of sp³-hybridized carbons (Fsp3) is 0.391. The van der Waals surface area contributed by atoms with Crippen LogP contribution in [0.5, 0.6) is 0 Å². The van der Waals surface area contributed by atoms with Gasteiger partial charge in [0.1, 0.15) is 0 Å². The molecule has 0 atom stereocenters. The highest BCUT2D eigenvalue weighted by Crippen LogP contribution is 2.47. The smallest absolute Gasteiger partial charge is 0.412 e. The lowest BCUT2D eigenvalue weighted by atomic mass is 9.94. The van der Waals surface area contributed by atoms with Gasteiger partial charge in [-0.25, -0.2) is 0 Å². The first kappa shape index (κ1) is 26.4. The van der Waals surface area contributed by atoms with Gasteiger partial charge in [0.05, 0.1) is 12.2 Å². The molecular weight excluding hydrogens is 441 g/mol. The van der Waals surface area contributed by atoms with Crippen molar-refractivity contribution >= 4 is 17.3 Å². The lowest BCUT2D eigenvalue weighted by molar-refractivity contribution is -0.137. The van der Waals surface area contributed by atoms with Gasteiger partial charge in [-0.2, -0.15) is 13.2 Å². The molecule has 0 radical (unpaired) electrons. The van der Waals surface area contributed by atoms with E-state index in [0.717, 1.165) is 60.1 Å². The second-order valence-electron chi connectivity index (χ2n) is 7.62. The lowest BCUT2D eigenvalue weighted by Crippen LogP contribution is -2.47. The summed E-state index contributed by atoms with van der Waals surface area (Å²) in [5.41, 5.74) is 1.96. The van der Waals surface area contributed by atoms with Crippen molar-refractivity contribution in [2.45, 2.75) is 22.4 Å². The third kappa shape index (κ3) is 5.92. The number of alkyl halides is 3. The van der Waals surface area contributed by atoms with Crippen LogP contribution in [0.4, 0.5) is 13.2 Å². The van der Waals surface area contributed by atoms with Crippen LogP contribution in [-0.2, 0) is 6.18 Å². The van der Waals surface area contributed by atoms with Gasteiger partial charge in [-0.1, -0.05) is 36.0 Å². The highest BCUT2D eigenvalue weighted by atomic mass is 32.2. The van der Waals surface area contributed by atoms with Gasteiger partial charge in [0.15, 0.2) is 0 Å². The number of fused-ring (bicyclic) bond motifs is 2. The quantitative estimate of drug-likeness (QED) is 0.621. The summed E-state index contributed by atoms with van der Waals surface area (Å²) in [6.45, 7) is 5.55. The second kappa shape index (κ2) is 11.3. The Labute approximate surface area is 190 Å². The Balaban J connectivity index is 0.00000181. The van der Waals surface area contributed by atoms with Crippen molar-refractivity contribution in [3.63, 3.8) is 0 Å². The van der Waals surface area contributed by atoms with E-state index in [-0.39, 0.29) is 17.6 Å². The van der Waals surface area contributed by atoms with E-state index in [0.29, 0.717) is 12.1 Å². The molecule has 32 heavy (non-hydrogen) atoms. The Morgan fingerprint density at radius 2 is 1.50 bits per heavy atom. The van der Waals surface area contributed by atoms with Crippen LogP contribution < -0.4 is 0 Å². The minimum Gasteiger partial charge on any atom is -0.412 e. The van der Waals surface area contributed by atoms with E-state index in [1.165, 1.54) is 23.9 Å². The molecular formula is C23H29F3N2O3S. The number of aliphatic hydroxyl groups excluding tert-OH is 1. The Kier molecular flexibility index (Phi) is 9.32. The second-order valence-corrected chi connectivity index (χ2v) is 8.70. The Morgan fingerprint density at radius 1 is 0.875 bits per heavy atom. The van der Waals surface area contributed by atoms with Crippen LogP contribution in [0, 0.1) is 0 Å². The zero-order valence-corrected chi connectivity index (χ0v) is 18.5. The molecule has 2 aromatic rings. The van der Waals surface area contributed by atoms with Crippen molar-refractivity contribution in [2.75, 3.05) is 45.9 Å². The summed E-state index contributed by atoms with van der Waals surface area (Å²) in [4.78, 5) is 6.57. The van der Waals surface area contributed by atoms with Gasteiger partial charge in [0.25, 0.3) is 0 Å². The molecule has 4 rings (SSSR count). The van der Waals surface area contributed by atoms with Crippen molar-refractivity contribution in [3.05, 3.63) is 65.2 Å². The van der Waals surface area contributed by atoms with Crippen LogP contribution >= 0.6 is 11.8 Å². The molecule has 0 unspecified atom stereocenters. The number of rotatable bonds is 5. The summed E-state index contributed by atoms with van der Waals surface area (Å²) in [7, 11) is 0. The molecule has 176 valence electrons. The molecule has 0 spiro atoms. The third-order valence-electron chi connectivity index (χ3n) is 5.67. The number of hydrogen-bond acceptors (Lipinski definition) is 4. The van der Waals surface area contributed by atoms with Gasteiger partial charge in [-0.3, -0.25) is 4.90 Å². The van der Waals surface area contributed by atoms with Crippen molar-refractivity contribution in [1.82, 2.24) is 9.80 Å². The molecule has 1 saturated heterocycles. The maximum absolute atomic E-state index is 13.3. The molecule has 9 heteroatoms. The number of aliphatic hydroxyl groups is 1. The third-order valence-corrected chi connectivity index (χ3v) is 6.82. The van der Waals surface area contributed by atoms with Crippen LogP contribution in [0.3, 0.4) is 0 Å². The predicted molar refractivity (Wildman–Crippen MR) is 121 cm³/mol. The van der Waals surface area contributed by atoms with Crippen LogP contribution in [0.2, 0.25) is 0 Å². The Morgan fingerprint density at radius 3 is 2.16 bits per heavy atom. The number of piperazine rings is 1. The molecule has 2 heterocycles. The summed E-state index contributed by atoms with van der Waals surface area (Å²) >= 11 is 1.53. The standard InChI is InChI=1S/C23H25F3N2OS.2H2O/c24-23(25,26)17-7-8-22-20(16-17)18(19-4-1-2-6-21(19)30-22)5-3-9-27-10-12-28(13-11-27)14-15-29;;/h1-2,4-8,16,29H,3,9-15H2;2*1H2. The number of hydrogen-bond donors (Lipinski definition) is 1. The Hall–Kier alpha value is -1.88. The van der Waals surface area contributed by atoms with Gasteiger partial charge in [0, 0.05) is 49.1 Å². The Bertz CT molecular complexity index is 929. The minimum atomic E-state index is -4.35. The summed E-state index contributed by atoms with van der Waals surface area (Å²) < 4.78 is 39.9. The number of nitrogens with zero attached hydrogens (tertiary/aromatic N) is 2. The molecule has 0 bridgehead atoms. The molecule has 5 N–H and O–H groups in total. The van der Waals surface area contributed by atoms with Crippen LogP contribution in [-0.4, -0.2) is 71.7 Å². The van der Waals surface area contributed by atoms with Crippen molar-refractivity contribution < 1.29 is 29.2 Å². The average molecular weight is 471 g/mol. The summed E-state index contributed by atoms with van der Waals surface area (Å²) in [6.07, 6.45) is -1.47. The van der Waals surface area contributed by atoms with Crippen LogP contribution in [0.25, 0.3) is 5.57 Å². The molecule has 0 saturated carbocycles. The molecule has 0 amide bonds. The molecule has 2 aliphatic heterocycles. The average Bonchev–Trinajstić information content (AvgIpc) is 2.73. The summed E-state index contributed by atoms with van der Waals surface area (Å²) in [6, 6.07) is 12.0. The first-order chi connectivity index (χ1) is 14.5. The molecule has 1 fully saturated rings. The maximum atomic E-state index is 13.3. The van der Waals surface area contributed by atoms with Crippen molar-refractivity contribution in [1.29, 1.82) is 0 Å². The number of β-amino-alcohol motifs (C(OH)–C–C–N with tert-alkyl or cyclic N) is 1. The molecule has 2 aromatic carbocycles. The molecule has 0 aliphatic carbocycles. The van der Waals surface area contributed by atoms with E-state index in [2.05, 4.69) is 15.9 Å². The highest BCUT2D eigenvalue weighted by molar-refractivity contribution is 7.99. The lowest BCUT2D eigenvalue weighted by Gasteiger charge is -2.34. The van der Waals surface area contributed by atoms with E-state index >= 15 is 0 Å². The van der Waals surface area contributed by atoms with Gasteiger partial charge >= 0.3 is 6.18 Å². The normalized spacial score (nSPS) is 17.8. The summed E-state index contributed by atoms with van der Waals surface area (Å²) in [5, 5.41) is 9.06. The van der Waals surface area contributed by atoms with E-state index < -0.39 is 11.7 Å². The van der Waals surface area contributed by atoms with Gasteiger partial charge < -0.3 is 21.0 Å². The predicted octanol–water partition coefficient (Wildman–Crippen LogP) is 2.95. The fourth-order valence-corrected chi connectivity index (χ4v) is 5.12. The summed E-state index contributed by atoms with van der Waals surface area (Å²) in [5.74, 6) is 0. The zero-order chi connectivity index (χ0) is 21.1. The van der Waals surface area contributed by atoms with E-state index in [1.807, 2.05) is 24.3 Å². The molecule has 5 nitrogen and oxygen atoms in total. The van der Waals surface area contributed by atoms with E-state index in [1.54, 1.807) is 6.07 Å². The van der Waals surface area contributed by atoms with Crippen LogP contribution in [0.1, 0.15) is 23.1 Å². The number of benzene rings is 2. The minimum absolute atomic E-state index is 0. The van der Waals surface area contributed by atoms with Crippen molar-refractivity contribution in [3.8, 4) is 0 Å². The maximum Gasteiger partial charge on any atom is 0.416 e. The largest absolute Gasteiger partial charge is 0.416 e. The zero-order valence-electron chi connectivity index (χ0n) is 17.7. The highest BCUT2D eigenvalue weighted by Gasteiger charge is 2.32. The first-order valence-electron chi connectivity index (χ1n) is 10.2. The molecule has 0 aromatic heterocycles. The topological polar surface area (TPSA) is 89.7 Å². The van der Waals surface area contributed by atoms with Gasteiger partial charge in [-0.05, 0) is 47.4 Å². The van der Waals surface area contributed by atoms with Gasteiger partial charge in [-0.15, -0.1) is 0 Å². The monoisotopic (exact) mass is 470 g/mol. The van der Waals surface area contributed by atoms with Crippen molar-refractivity contribution in [2.24, 2.45) is 0 Å². The van der Waals surface area contributed by atoms with E-state index in [4.69, 9.17) is 5.11 Å². The van der Waals surface area contributed by atoms with Crippen LogP contribution in [0.15, 0.2) is 58.3 Å². The first-order valence-corrected chi connectivity index (χ1v) is 11.0. The number of halogens is 3. The molecule has 2 aliphatic rings. The van der Waals surface area contributed by atoms with E-state index in [9.17, 15) is 13.2 Å².